The van der Waals surface area contributed by atoms with Gasteiger partial charge in [0.2, 0.25) is 0 Å². The highest BCUT2D eigenvalue weighted by atomic mass is 19.2. The first kappa shape index (κ1) is 23.9. The van der Waals surface area contributed by atoms with Gasteiger partial charge in [0.05, 0.1) is 19.8 Å². The zero-order chi connectivity index (χ0) is 22.3. The quantitative estimate of drug-likeness (QED) is 0.693. The Balaban J connectivity index is 2.12. The van der Waals surface area contributed by atoms with Gasteiger partial charge in [-0.05, 0) is 51.3 Å². The average Bonchev–Trinajstić information content (AvgIpc) is 2.69. The molecule has 1 heterocycles. The van der Waals surface area contributed by atoms with E-state index >= 15 is 0 Å². The number of benzene rings is 1. The van der Waals surface area contributed by atoms with E-state index in [2.05, 4.69) is 10.1 Å². The Morgan fingerprint density at radius 2 is 2.00 bits per heavy atom. The van der Waals surface area contributed by atoms with E-state index in [1.54, 1.807) is 25.7 Å². The second-order valence-electron chi connectivity index (χ2n) is 8.21. The Labute approximate surface area is 175 Å². The molecule has 1 aliphatic heterocycles. The van der Waals surface area contributed by atoms with Gasteiger partial charge in [-0.1, -0.05) is 6.07 Å². The van der Waals surface area contributed by atoms with E-state index in [9.17, 15) is 18.4 Å². The van der Waals surface area contributed by atoms with Crippen LogP contribution in [-0.4, -0.2) is 56.0 Å². The van der Waals surface area contributed by atoms with Crippen LogP contribution in [0.5, 0.6) is 0 Å². The van der Waals surface area contributed by atoms with Crippen LogP contribution in [0.25, 0.3) is 0 Å². The molecule has 168 valence electrons. The van der Waals surface area contributed by atoms with E-state index in [0.717, 1.165) is 25.0 Å². The normalized spacial score (nSPS) is 17.9. The van der Waals surface area contributed by atoms with Gasteiger partial charge in [0.15, 0.2) is 11.6 Å². The van der Waals surface area contributed by atoms with Crippen molar-refractivity contribution in [1.29, 1.82) is 0 Å². The number of piperidine rings is 1. The molecular formula is C21H30F2N2O5. The molecule has 2 atom stereocenters. The van der Waals surface area contributed by atoms with E-state index in [0.29, 0.717) is 18.7 Å². The number of carbonyl (C=O) groups excluding carboxylic acids is 2. The van der Waals surface area contributed by atoms with Gasteiger partial charge in [0, 0.05) is 25.6 Å². The Morgan fingerprint density at radius 1 is 1.27 bits per heavy atom. The van der Waals surface area contributed by atoms with Gasteiger partial charge in [-0.15, -0.1) is 0 Å². The molecule has 9 heteroatoms. The number of nitrogens with zero attached hydrogens (tertiary/aromatic N) is 1. The maximum absolute atomic E-state index is 13.8. The van der Waals surface area contributed by atoms with Gasteiger partial charge in [0.1, 0.15) is 5.60 Å². The predicted octanol–water partition coefficient (Wildman–Crippen LogP) is 4.03. The van der Waals surface area contributed by atoms with Crippen LogP contribution in [0, 0.1) is 17.6 Å². The van der Waals surface area contributed by atoms with Crippen LogP contribution in [0.15, 0.2) is 18.2 Å². The van der Waals surface area contributed by atoms with Crippen molar-refractivity contribution in [3.63, 3.8) is 0 Å². The molecule has 7 nitrogen and oxygen atoms in total. The van der Waals surface area contributed by atoms with Crippen molar-refractivity contribution >= 4 is 12.2 Å². The lowest BCUT2D eigenvalue weighted by molar-refractivity contribution is -0.0247. The smallest absolute Gasteiger partial charge is 0.410 e. The van der Waals surface area contributed by atoms with Gasteiger partial charge in [-0.2, -0.15) is 0 Å². The predicted molar refractivity (Wildman–Crippen MR) is 106 cm³/mol. The van der Waals surface area contributed by atoms with Gasteiger partial charge < -0.3 is 24.4 Å². The summed E-state index contributed by atoms with van der Waals surface area (Å²) in [6.07, 6.45) is -0.105. The number of carbonyl (C=O) groups is 2. The zero-order valence-corrected chi connectivity index (χ0v) is 17.9. The van der Waals surface area contributed by atoms with Crippen LogP contribution in [0.2, 0.25) is 0 Å². The van der Waals surface area contributed by atoms with Crippen molar-refractivity contribution in [2.45, 2.75) is 45.3 Å². The first-order valence-electron chi connectivity index (χ1n) is 9.97. The summed E-state index contributed by atoms with van der Waals surface area (Å²) in [5, 5.41) is 2.51. The lowest BCUT2D eigenvalue weighted by Crippen LogP contribution is -2.44. The number of methoxy groups -OCH3 is 1. The highest BCUT2D eigenvalue weighted by Crippen LogP contribution is 2.34. The Hall–Kier alpha value is -2.42. The van der Waals surface area contributed by atoms with Crippen LogP contribution in [0.3, 0.4) is 0 Å². The fourth-order valence-electron chi connectivity index (χ4n) is 3.35. The van der Waals surface area contributed by atoms with E-state index < -0.39 is 35.5 Å². The SMILES string of the molecule is COC(=O)NCCO[C@@H](c1ccc(F)c(F)c1)[C@@H]1CCCN(C(=O)OC(C)(C)C)C1. The third-order valence-corrected chi connectivity index (χ3v) is 4.66. The summed E-state index contributed by atoms with van der Waals surface area (Å²) < 4.78 is 43.2. The van der Waals surface area contributed by atoms with Crippen molar-refractivity contribution in [1.82, 2.24) is 10.2 Å². The Morgan fingerprint density at radius 3 is 2.63 bits per heavy atom. The molecule has 0 radical (unpaired) electrons. The fraction of sp³-hybridized carbons (Fsp3) is 0.619. The maximum atomic E-state index is 13.8. The Bertz CT molecular complexity index is 739. The molecule has 1 aliphatic rings. The maximum Gasteiger partial charge on any atom is 0.410 e. The number of amides is 2. The minimum Gasteiger partial charge on any atom is -0.453 e. The van der Waals surface area contributed by atoms with Crippen LogP contribution in [0.4, 0.5) is 18.4 Å². The highest BCUT2D eigenvalue weighted by molar-refractivity contribution is 5.68. The van der Waals surface area contributed by atoms with Gasteiger partial charge >= 0.3 is 12.2 Å². The summed E-state index contributed by atoms with van der Waals surface area (Å²) in [4.78, 5) is 25.3. The van der Waals surface area contributed by atoms with Crippen molar-refractivity contribution in [3.8, 4) is 0 Å². The molecule has 1 N–H and O–H groups in total. The van der Waals surface area contributed by atoms with Crippen LogP contribution in [0.1, 0.15) is 45.3 Å². The molecule has 1 fully saturated rings. The summed E-state index contributed by atoms with van der Waals surface area (Å²) in [5.74, 6) is -2.05. The van der Waals surface area contributed by atoms with Crippen LogP contribution >= 0.6 is 0 Å². The van der Waals surface area contributed by atoms with E-state index in [1.165, 1.54) is 13.2 Å². The number of hydrogen-bond donors (Lipinski definition) is 1. The van der Waals surface area contributed by atoms with E-state index in [4.69, 9.17) is 9.47 Å². The standard InChI is InChI=1S/C21H30F2N2O5/c1-21(2,3)30-20(27)25-10-5-6-15(13-25)18(29-11-9-24-19(26)28-4)14-7-8-16(22)17(23)12-14/h7-8,12,15,18H,5-6,9-11,13H2,1-4H3,(H,24,26)/t15-,18+/m1/s1. The average molecular weight is 428 g/mol. The number of hydrogen-bond acceptors (Lipinski definition) is 5. The van der Waals surface area contributed by atoms with E-state index in [1.807, 2.05) is 0 Å². The van der Waals surface area contributed by atoms with Crippen molar-refractivity contribution < 1.29 is 32.6 Å². The van der Waals surface area contributed by atoms with Crippen molar-refractivity contribution in [3.05, 3.63) is 35.4 Å². The summed E-state index contributed by atoms with van der Waals surface area (Å²) in [5.41, 5.74) is -0.137. The molecule has 0 unspecified atom stereocenters. The van der Waals surface area contributed by atoms with Crippen LogP contribution < -0.4 is 5.32 Å². The van der Waals surface area contributed by atoms with Crippen molar-refractivity contribution in [2.75, 3.05) is 33.4 Å². The largest absolute Gasteiger partial charge is 0.453 e. The number of rotatable bonds is 6. The topological polar surface area (TPSA) is 77.1 Å². The molecule has 0 aliphatic carbocycles. The molecule has 0 aromatic heterocycles. The number of likely N-dealkylation sites (tertiary alicyclic amines) is 1. The van der Waals surface area contributed by atoms with Gasteiger partial charge in [-0.3, -0.25) is 0 Å². The summed E-state index contributed by atoms with van der Waals surface area (Å²) in [7, 11) is 1.26. The summed E-state index contributed by atoms with van der Waals surface area (Å²) >= 11 is 0. The molecular weight excluding hydrogens is 398 g/mol. The number of halogens is 2. The lowest BCUT2D eigenvalue weighted by Gasteiger charge is -2.37. The summed E-state index contributed by atoms with van der Waals surface area (Å²) in [6, 6.07) is 3.64. The molecule has 2 rings (SSSR count). The Kier molecular flexibility index (Phi) is 8.40. The van der Waals surface area contributed by atoms with Crippen molar-refractivity contribution in [2.24, 2.45) is 5.92 Å². The molecule has 0 spiro atoms. The monoisotopic (exact) mass is 428 g/mol. The minimum atomic E-state index is -0.964. The molecule has 0 bridgehead atoms. The second kappa shape index (κ2) is 10.6. The third-order valence-electron chi connectivity index (χ3n) is 4.66. The first-order valence-corrected chi connectivity index (χ1v) is 9.97. The highest BCUT2D eigenvalue weighted by Gasteiger charge is 2.33. The van der Waals surface area contributed by atoms with Crippen LogP contribution in [-0.2, 0) is 14.2 Å². The molecule has 1 saturated heterocycles. The second-order valence-corrected chi connectivity index (χ2v) is 8.21. The summed E-state index contributed by atoms with van der Waals surface area (Å²) in [6.45, 7) is 6.65. The zero-order valence-electron chi connectivity index (χ0n) is 17.9. The van der Waals surface area contributed by atoms with Gasteiger partial charge in [0.25, 0.3) is 0 Å². The first-order chi connectivity index (χ1) is 14.1. The number of nitrogens with one attached hydrogen (secondary N) is 1. The molecule has 2 amide bonds. The number of alkyl carbamates (subject to hydrolysis) is 1. The number of ether oxygens (including phenoxy) is 3. The lowest BCUT2D eigenvalue weighted by atomic mass is 9.88. The minimum absolute atomic E-state index is 0.141. The van der Waals surface area contributed by atoms with Gasteiger partial charge in [-0.25, -0.2) is 18.4 Å². The molecule has 1 aromatic carbocycles. The fourth-order valence-corrected chi connectivity index (χ4v) is 3.35. The third kappa shape index (κ3) is 7.12. The van der Waals surface area contributed by atoms with E-state index in [-0.39, 0.29) is 19.1 Å². The molecule has 30 heavy (non-hydrogen) atoms. The molecule has 1 aromatic rings. The molecule has 0 saturated carbocycles.